The summed E-state index contributed by atoms with van der Waals surface area (Å²) in [5, 5.41) is 8.70. The van der Waals surface area contributed by atoms with Crippen LogP contribution < -0.4 is 10.6 Å². The zero-order chi connectivity index (χ0) is 16.8. The number of nitrogens with one attached hydrogen (secondary N) is 2. The van der Waals surface area contributed by atoms with Crippen molar-refractivity contribution in [2.75, 3.05) is 0 Å². The molecular weight excluding hydrogens is 316 g/mol. The van der Waals surface area contributed by atoms with Crippen LogP contribution >= 0.6 is 12.2 Å². The molecular formula is C20H22N2OS. The molecule has 2 aromatic rings. The van der Waals surface area contributed by atoms with Gasteiger partial charge in [-0.1, -0.05) is 61.7 Å². The van der Waals surface area contributed by atoms with Gasteiger partial charge in [0.05, 0.1) is 0 Å². The number of amides is 1. The number of benzene rings is 2. The summed E-state index contributed by atoms with van der Waals surface area (Å²) in [7, 11) is 0. The molecule has 0 atom stereocenters. The van der Waals surface area contributed by atoms with Crippen molar-refractivity contribution >= 4 is 40.1 Å². The van der Waals surface area contributed by atoms with Crippen molar-refractivity contribution in [3.05, 3.63) is 54.1 Å². The molecule has 4 heteroatoms. The van der Waals surface area contributed by atoms with Crippen molar-refractivity contribution in [1.82, 2.24) is 10.6 Å². The van der Waals surface area contributed by atoms with Crippen LogP contribution in [0.3, 0.4) is 0 Å². The van der Waals surface area contributed by atoms with E-state index in [1.807, 2.05) is 30.3 Å². The molecule has 0 aliphatic heterocycles. The number of hydrogen-bond acceptors (Lipinski definition) is 2. The molecule has 0 heterocycles. The van der Waals surface area contributed by atoms with Gasteiger partial charge >= 0.3 is 0 Å². The number of hydrogen-bond donors (Lipinski definition) is 2. The number of rotatable bonds is 3. The highest BCUT2D eigenvalue weighted by Crippen LogP contribution is 2.19. The van der Waals surface area contributed by atoms with Crippen LogP contribution in [0.5, 0.6) is 0 Å². The minimum Gasteiger partial charge on any atom is -0.360 e. The van der Waals surface area contributed by atoms with E-state index in [2.05, 4.69) is 28.8 Å². The summed E-state index contributed by atoms with van der Waals surface area (Å²) in [5.41, 5.74) is 1.02. The third-order valence-electron chi connectivity index (χ3n) is 4.41. The molecule has 3 rings (SSSR count). The van der Waals surface area contributed by atoms with Gasteiger partial charge < -0.3 is 5.32 Å². The lowest BCUT2D eigenvalue weighted by Gasteiger charge is -2.23. The minimum atomic E-state index is -0.198. The fourth-order valence-electron chi connectivity index (χ4n) is 3.18. The van der Waals surface area contributed by atoms with Gasteiger partial charge in [0.2, 0.25) is 5.91 Å². The van der Waals surface area contributed by atoms with E-state index in [-0.39, 0.29) is 5.91 Å². The van der Waals surface area contributed by atoms with Crippen LogP contribution in [0.15, 0.2) is 48.5 Å². The van der Waals surface area contributed by atoms with E-state index in [0.29, 0.717) is 11.2 Å². The molecule has 0 saturated heterocycles. The summed E-state index contributed by atoms with van der Waals surface area (Å²) in [6.45, 7) is 0. The molecule has 124 valence electrons. The molecule has 0 radical (unpaired) electrons. The highest BCUT2D eigenvalue weighted by Gasteiger charge is 2.14. The molecule has 24 heavy (non-hydrogen) atoms. The predicted molar refractivity (Wildman–Crippen MR) is 104 cm³/mol. The van der Waals surface area contributed by atoms with Gasteiger partial charge in [-0.25, -0.2) is 0 Å². The molecule has 0 unspecified atom stereocenters. The molecule has 3 nitrogen and oxygen atoms in total. The van der Waals surface area contributed by atoms with Crippen molar-refractivity contribution in [1.29, 1.82) is 0 Å². The Balaban J connectivity index is 1.59. The lowest BCUT2D eigenvalue weighted by atomic mass is 9.96. The Morgan fingerprint density at radius 1 is 1.04 bits per heavy atom. The van der Waals surface area contributed by atoms with Gasteiger partial charge in [-0.2, -0.15) is 0 Å². The summed E-state index contributed by atoms with van der Waals surface area (Å²) in [6.07, 6.45) is 9.39. The fraction of sp³-hybridized carbons (Fsp3) is 0.300. The van der Waals surface area contributed by atoms with Gasteiger partial charge in [0, 0.05) is 12.1 Å². The zero-order valence-corrected chi connectivity index (χ0v) is 14.4. The maximum absolute atomic E-state index is 12.1. The summed E-state index contributed by atoms with van der Waals surface area (Å²) < 4.78 is 0. The highest BCUT2D eigenvalue weighted by atomic mass is 32.1. The third kappa shape index (κ3) is 4.42. The van der Waals surface area contributed by atoms with Crippen molar-refractivity contribution in [2.45, 2.75) is 38.1 Å². The Kier molecular flexibility index (Phi) is 5.59. The maximum atomic E-state index is 12.1. The average Bonchev–Trinajstić information content (AvgIpc) is 2.60. The molecule has 0 bridgehead atoms. The maximum Gasteiger partial charge on any atom is 0.250 e. The number of fused-ring (bicyclic) bond motifs is 1. The quantitative estimate of drug-likeness (QED) is 0.652. The van der Waals surface area contributed by atoms with E-state index in [0.717, 1.165) is 29.2 Å². The first-order valence-corrected chi connectivity index (χ1v) is 8.90. The standard InChI is InChI=1S/C20H22N2OS/c23-19(22-20(24)21-17-10-2-1-3-11-17)14-13-16-9-6-8-15-7-4-5-12-18(15)16/h4-9,12-14,17H,1-3,10-11H2,(H2,21,22,23,24). The van der Waals surface area contributed by atoms with Crippen LogP contribution in [0.25, 0.3) is 16.8 Å². The summed E-state index contributed by atoms with van der Waals surface area (Å²) in [5.74, 6) is -0.198. The van der Waals surface area contributed by atoms with E-state index < -0.39 is 0 Å². The minimum absolute atomic E-state index is 0.198. The van der Waals surface area contributed by atoms with Gasteiger partial charge in [-0.15, -0.1) is 0 Å². The molecule has 1 aliphatic carbocycles. The molecule has 0 spiro atoms. The van der Waals surface area contributed by atoms with Crippen LogP contribution in [-0.4, -0.2) is 17.1 Å². The van der Waals surface area contributed by atoms with Gasteiger partial charge in [0.15, 0.2) is 5.11 Å². The summed E-state index contributed by atoms with van der Waals surface area (Å²) >= 11 is 5.24. The number of carbonyl (C=O) groups excluding carboxylic acids is 1. The molecule has 2 aromatic carbocycles. The highest BCUT2D eigenvalue weighted by molar-refractivity contribution is 7.80. The van der Waals surface area contributed by atoms with Crippen LogP contribution in [0.2, 0.25) is 0 Å². The van der Waals surface area contributed by atoms with E-state index in [4.69, 9.17) is 12.2 Å². The van der Waals surface area contributed by atoms with Crippen LogP contribution in [0.4, 0.5) is 0 Å². The average molecular weight is 338 g/mol. The van der Waals surface area contributed by atoms with Crippen molar-refractivity contribution in [3.63, 3.8) is 0 Å². The van der Waals surface area contributed by atoms with Crippen LogP contribution in [-0.2, 0) is 4.79 Å². The van der Waals surface area contributed by atoms with E-state index in [1.165, 1.54) is 25.3 Å². The van der Waals surface area contributed by atoms with Gasteiger partial charge in [-0.05, 0) is 47.5 Å². The monoisotopic (exact) mass is 338 g/mol. The Labute approximate surface area is 148 Å². The Morgan fingerprint density at radius 3 is 2.62 bits per heavy atom. The molecule has 2 N–H and O–H groups in total. The Hall–Kier alpha value is -2.20. The lowest BCUT2D eigenvalue weighted by Crippen LogP contribution is -2.44. The first-order chi connectivity index (χ1) is 11.7. The first-order valence-electron chi connectivity index (χ1n) is 8.50. The molecule has 1 amide bonds. The number of thiocarbonyl (C=S) groups is 1. The molecule has 1 saturated carbocycles. The van der Waals surface area contributed by atoms with E-state index >= 15 is 0 Å². The summed E-state index contributed by atoms with van der Waals surface area (Å²) in [6, 6.07) is 14.6. The Bertz CT molecular complexity index is 758. The van der Waals surface area contributed by atoms with Crippen molar-refractivity contribution < 1.29 is 4.79 Å². The predicted octanol–water partition coefficient (Wildman–Crippen LogP) is 4.18. The van der Waals surface area contributed by atoms with Crippen molar-refractivity contribution in [3.8, 4) is 0 Å². The van der Waals surface area contributed by atoms with E-state index in [1.54, 1.807) is 0 Å². The lowest BCUT2D eigenvalue weighted by molar-refractivity contribution is -0.115. The van der Waals surface area contributed by atoms with Crippen LogP contribution in [0.1, 0.15) is 37.7 Å². The number of carbonyl (C=O) groups is 1. The topological polar surface area (TPSA) is 41.1 Å². The second-order valence-corrected chi connectivity index (χ2v) is 6.61. The largest absolute Gasteiger partial charge is 0.360 e. The van der Waals surface area contributed by atoms with Crippen LogP contribution in [0, 0.1) is 0 Å². The second-order valence-electron chi connectivity index (χ2n) is 6.20. The smallest absolute Gasteiger partial charge is 0.250 e. The molecule has 0 aromatic heterocycles. The molecule has 1 fully saturated rings. The third-order valence-corrected chi connectivity index (χ3v) is 4.63. The zero-order valence-electron chi connectivity index (χ0n) is 13.6. The Morgan fingerprint density at radius 2 is 1.79 bits per heavy atom. The van der Waals surface area contributed by atoms with Gasteiger partial charge in [0.1, 0.15) is 0 Å². The van der Waals surface area contributed by atoms with Gasteiger partial charge in [0.25, 0.3) is 0 Å². The SMILES string of the molecule is O=C(C=Cc1cccc2ccccc12)NC(=S)NC1CCCCC1. The fourth-order valence-corrected chi connectivity index (χ4v) is 3.45. The first kappa shape index (κ1) is 16.7. The normalized spacial score (nSPS) is 15.5. The molecule has 1 aliphatic rings. The van der Waals surface area contributed by atoms with Crippen molar-refractivity contribution in [2.24, 2.45) is 0 Å². The summed E-state index contributed by atoms with van der Waals surface area (Å²) in [4.78, 5) is 12.1. The van der Waals surface area contributed by atoms with E-state index in [9.17, 15) is 4.79 Å². The van der Waals surface area contributed by atoms with Gasteiger partial charge in [-0.3, -0.25) is 10.1 Å². The second kappa shape index (κ2) is 8.06.